The zero-order valence-electron chi connectivity index (χ0n) is 31.4. The number of halogens is 3. The Bertz CT molecular complexity index is 2900. The van der Waals surface area contributed by atoms with E-state index in [0.29, 0.717) is 103 Å². The lowest BCUT2D eigenvalue weighted by atomic mass is 10.1. The Morgan fingerprint density at radius 3 is 1.68 bits per heavy atom. The number of ether oxygens (including phenoxy) is 3. The summed E-state index contributed by atoms with van der Waals surface area (Å²) in [5, 5.41) is 3.71. The number of nitrogens with two attached hydrogens (primary N) is 2. The van der Waals surface area contributed by atoms with Crippen molar-refractivity contribution in [2.75, 3.05) is 18.9 Å². The Hall–Kier alpha value is -6.31. The molecule has 0 aliphatic rings. The van der Waals surface area contributed by atoms with E-state index in [4.69, 9.17) is 73.7 Å². The van der Waals surface area contributed by atoms with Crippen LogP contribution in [0.3, 0.4) is 0 Å². The van der Waals surface area contributed by atoms with Crippen molar-refractivity contribution in [3.8, 4) is 17.2 Å². The van der Waals surface area contributed by atoms with E-state index in [1.165, 1.54) is 12.1 Å². The van der Waals surface area contributed by atoms with Crippen LogP contribution in [-0.4, -0.2) is 18.1 Å². The Labute approximate surface area is 351 Å². The molecular weight excluding hydrogens is 821 g/mol. The largest absolute Gasteiger partial charge is 0.492 e. The molecular formula is C44H36Cl3N3O9. The minimum absolute atomic E-state index is 0.302. The van der Waals surface area contributed by atoms with Crippen LogP contribution in [0.5, 0.6) is 17.2 Å². The molecule has 4 N–H and O–H groups in total. The number of hydrogen-bond donors (Lipinski definition) is 2. The molecule has 302 valence electrons. The highest BCUT2D eigenvalue weighted by atomic mass is 35.5. The quantitative estimate of drug-likeness (QED) is 0.0756. The zero-order valence-corrected chi connectivity index (χ0v) is 33.7. The van der Waals surface area contributed by atoms with E-state index >= 15 is 0 Å². The number of hydrogen-bond acceptors (Lipinski definition) is 12. The first-order valence-electron chi connectivity index (χ1n) is 18.0. The van der Waals surface area contributed by atoms with Crippen LogP contribution in [0.4, 0.5) is 5.69 Å². The topological polar surface area (TPSA) is 183 Å². The van der Waals surface area contributed by atoms with Gasteiger partial charge in [0.15, 0.2) is 0 Å². The number of pyridine rings is 1. The maximum absolute atomic E-state index is 11.7. The second-order valence-electron chi connectivity index (χ2n) is 12.8. The molecule has 0 bridgehead atoms. The molecule has 59 heavy (non-hydrogen) atoms. The molecule has 0 aliphatic heterocycles. The maximum atomic E-state index is 11.7. The molecule has 0 fully saturated rings. The molecule has 0 radical (unpaired) electrons. The maximum Gasteiger partial charge on any atom is 0.342 e. The molecule has 15 heteroatoms. The van der Waals surface area contributed by atoms with Crippen molar-refractivity contribution < 1.29 is 27.5 Å². The van der Waals surface area contributed by atoms with E-state index in [9.17, 15) is 14.4 Å². The van der Waals surface area contributed by atoms with Crippen LogP contribution in [-0.2, 0) is 13.2 Å². The van der Waals surface area contributed by atoms with Crippen LogP contribution in [0.2, 0.25) is 15.1 Å². The minimum atomic E-state index is -0.465. The Kier molecular flexibility index (Phi) is 14.3. The van der Waals surface area contributed by atoms with E-state index in [1.54, 1.807) is 80.0 Å². The lowest BCUT2D eigenvalue weighted by molar-refractivity contribution is 0.307. The predicted octanol–water partition coefficient (Wildman–Crippen LogP) is 9.51. The van der Waals surface area contributed by atoms with Gasteiger partial charge in [-0.2, -0.15) is 0 Å². The van der Waals surface area contributed by atoms with Crippen molar-refractivity contribution in [2.45, 2.75) is 26.6 Å². The van der Waals surface area contributed by atoms with Gasteiger partial charge in [0, 0.05) is 33.1 Å². The van der Waals surface area contributed by atoms with Gasteiger partial charge in [-0.05, 0) is 110 Å². The van der Waals surface area contributed by atoms with Crippen LogP contribution in [0, 0.1) is 6.92 Å². The molecule has 0 unspecified atom stereocenters. The summed E-state index contributed by atoms with van der Waals surface area (Å²) in [7, 11) is 0. The first-order chi connectivity index (χ1) is 28.5. The van der Waals surface area contributed by atoms with Gasteiger partial charge in [0.05, 0.1) is 40.5 Å². The van der Waals surface area contributed by atoms with Crippen molar-refractivity contribution in [2.24, 2.45) is 5.73 Å². The van der Waals surface area contributed by atoms with Crippen LogP contribution >= 0.6 is 34.8 Å². The second-order valence-corrected chi connectivity index (χ2v) is 14.1. The van der Waals surface area contributed by atoms with Gasteiger partial charge >= 0.3 is 16.9 Å². The number of fused-ring (bicyclic) bond motifs is 3. The summed E-state index contributed by atoms with van der Waals surface area (Å²) in [4.78, 5) is 38.7. The van der Waals surface area contributed by atoms with E-state index in [1.807, 2.05) is 30.3 Å². The molecule has 0 spiro atoms. The lowest BCUT2D eigenvalue weighted by Crippen LogP contribution is -2.11. The molecule has 4 aromatic heterocycles. The monoisotopic (exact) mass is 855 g/mol. The highest BCUT2D eigenvalue weighted by Crippen LogP contribution is 2.31. The van der Waals surface area contributed by atoms with E-state index in [2.05, 4.69) is 4.98 Å². The molecule has 0 atom stereocenters. The minimum Gasteiger partial charge on any atom is -0.492 e. The highest BCUT2D eigenvalue weighted by molar-refractivity contribution is 6.32. The normalized spacial score (nSPS) is 10.7. The van der Waals surface area contributed by atoms with Crippen LogP contribution in [0.25, 0.3) is 32.9 Å². The molecule has 0 aliphatic carbocycles. The molecule has 12 nitrogen and oxygen atoms in total. The highest BCUT2D eigenvalue weighted by Gasteiger charge is 2.13. The standard InChI is InChI=1S/C16H12ClNO3.C15H10ClNO3.C13H14ClNO3/c17-11-4-5-14-13(7-11)15(8-16(19)21-14)20-9-10-2-1-3-12(18)6-10;16-11-1-2-13-12(7-11)14(8-15(18)20-13)19-9-10-3-5-17-6-4-10;1-8-12(17-6-2-5-15)10-7-9(14)3-4-11(10)18-13(8)16/h1-8H,9,18H2;1-8H,9H2;3-4,7H,2,5-6,15H2,1H3. The fraction of sp³-hybridized carbons (Fsp3) is 0.136. The number of nitrogen functional groups attached to an aromatic ring is 1. The molecule has 0 saturated carbocycles. The summed E-state index contributed by atoms with van der Waals surface area (Å²) < 4.78 is 32.4. The number of nitrogens with zero attached hydrogens (tertiary/aromatic N) is 1. The van der Waals surface area contributed by atoms with Gasteiger partial charge in [0.2, 0.25) is 0 Å². The third-order valence-electron chi connectivity index (χ3n) is 8.45. The lowest BCUT2D eigenvalue weighted by Gasteiger charge is -2.10. The van der Waals surface area contributed by atoms with Gasteiger partial charge in [-0.25, -0.2) is 14.4 Å². The average Bonchev–Trinajstić information content (AvgIpc) is 3.22. The fourth-order valence-corrected chi connectivity index (χ4v) is 6.14. The third-order valence-corrected chi connectivity index (χ3v) is 9.16. The summed E-state index contributed by atoms with van der Waals surface area (Å²) in [5.41, 5.74) is 14.2. The first-order valence-corrected chi connectivity index (χ1v) is 19.1. The smallest absolute Gasteiger partial charge is 0.342 e. The SMILES string of the molecule is Cc1c(OCCCN)c2cc(Cl)ccc2oc1=O.Nc1cccc(COc2cc(=O)oc3ccc(Cl)cc23)c1.O=c1cc(OCc2ccncc2)c2cc(Cl)ccc2o1. The van der Waals surface area contributed by atoms with Crippen molar-refractivity contribution in [1.29, 1.82) is 0 Å². The number of benzene rings is 4. The predicted molar refractivity (Wildman–Crippen MR) is 230 cm³/mol. The summed E-state index contributed by atoms with van der Waals surface area (Å²) in [6.45, 7) is 3.31. The molecule has 0 saturated heterocycles. The third kappa shape index (κ3) is 11.4. The number of rotatable bonds is 10. The van der Waals surface area contributed by atoms with Crippen LogP contribution < -0.4 is 42.6 Å². The van der Waals surface area contributed by atoms with Crippen LogP contribution in [0.1, 0.15) is 23.1 Å². The van der Waals surface area contributed by atoms with Gasteiger partial charge in [-0.1, -0.05) is 46.9 Å². The molecule has 8 rings (SSSR count). The molecule has 8 aromatic rings. The van der Waals surface area contributed by atoms with E-state index in [0.717, 1.165) is 17.5 Å². The Morgan fingerprint density at radius 1 is 0.610 bits per heavy atom. The second kappa shape index (κ2) is 19.9. The first kappa shape index (κ1) is 42.3. The van der Waals surface area contributed by atoms with E-state index < -0.39 is 16.9 Å². The summed E-state index contributed by atoms with van der Waals surface area (Å²) in [6, 6.07) is 28.8. The van der Waals surface area contributed by atoms with Gasteiger partial charge in [0.25, 0.3) is 0 Å². The van der Waals surface area contributed by atoms with Gasteiger partial charge in [0.1, 0.15) is 47.2 Å². The molecule has 0 amide bonds. The van der Waals surface area contributed by atoms with Crippen LogP contribution in [0.15, 0.2) is 143 Å². The van der Waals surface area contributed by atoms with Crippen molar-refractivity contribution in [3.63, 3.8) is 0 Å². The zero-order chi connectivity index (χ0) is 41.9. The number of aromatic nitrogens is 1. The summed E-state index contributed by atoms with van der Waals surface area (Å²) in [5.74, 6) is 1.42. The number of anilines is 1. The van der Waals surface area contributed by atoms with E-state index in [-0.39, 0.29) is 0 Å². The molecule has 4 heterocycles. The van der Waals surface area contributed by atoms with Gasteiger partial charge in [-0.3, -0.25) is 4.98 Å². The fourth-order valence-electron chi connectivity index (χ4n) is 5.62. The summed E-state index contributed by atoms with van der Waals surface area (Å²) in [6.07, 6.45) is 4.10. The average molecular weight is 857 g/mol. The van der Waals surface area contributed by atoms with Crippen molar-refractivity contribution in [3.05, 3.63) is 179 Å². The summed E-state index contributed by atoms with van der Waals surface area (Å²) >= 11 is 17.9. The molecule has 4 aromatic carbocycles. The van der Waals surface area contributed by atoms with Gasteiger partial charge < -0.3 is 38.9 Å². The van der Waals surface area contributed by atoms with Crippen molar-refractivity contribution >= 4 is 73.4 Å². The Morgan fingerprint density at radius 2 is 1.14 bits per heavy atom. The van der Waals surface area contributed by atoms with Gasteiger partial charge in [-0.15, -0.1) is 0 Å². The Balaban J connectivity index is 0.000000149. The van der Waals surface area contributed by atoms with Crippen molar-refractivity contribution in [1.82, 2.24) is 4.98 Å².